The van der Waals surface area contributed by atoms with Crippen LogP contribution >= 0.6 is 22.7 Å². The summed E-state index contributed by atoms with van der Waals surface area (Å²) in [5, 5.41) is 23.8. The molecule has 6 aromatic carbocycles. The van der Waals surface area contributed by atoms with E-state index >= 15 is 0 Å². The van der Waals surface area contributed by atoms with Crippen LogP contribution < -0.4 is 14.0 Å². The Hall–Kier alpha value is -6.73. The zero-order chi connectivity index (χ0) is 38.2. The van der Waals surface area contributed by atoms with Gasteiger partial charge in [-0.3, -0.25) is 4.79 Å². The van der Waals surface area contributed by atoms with Crippen molar-refractivity contribution in [1.29, 1.82) is 0 Å². The predicted molar refractivity (Wildman–Crippen MR) is 232 cm³/mol. The first-order chi connectivity index (χ1) is 27.5. The summed E-state index contributed by atoms with van der Waals surface area (Å²) in [7, 11) is 0. The van der Waals surface area contributed by atoms with E-state index in [1.54, 1.807) is 12.1 Å². The zero-order valence-electron chi connectivity index (χ0n) is 30.4. The number of ketones is 1. The largest absolute Gasteiger partial charge is 0.506 e. The quantitative estimate of drug-likeness (QED) is 0.162. The molecule has 0 bridgehead atoms. The van der Waals surface area contributed by atoms with Gasteiger partial charge in [-0.05, 0) is 64.6 Å². The molecule has 270 valence electrons. The van der Waals surface area contributed by atoms with Crippen molar-refractivity contribution in [2.75, 3.05) is 4.90 Å². The van der Waals surface area contributed by atoms with Gasteiger partial charge in [-0.1, -0.05) is 152 Å². The summed E-state index contributed by atoms with van der Waals surface area (Å²) in [6.45, 7) is 1.90. The van der Waals surface area contributed by atoms with Crippen molar-refractivity contribution >= 4 is 61.6 Å². The van der Waals surface area contributed by atoms with Crippen molar-refractivity contribution in [3.05, 3.63) is 213 Å². The van der Waals surface area contributed by atoms with E-state index in [0.29, 0.717) is 20.6 Å². The molecular formula is C50H35NO3S2. The van der Waals surface area contributed by atoms with Crippen molar-refractivity contribution in [2.24, 2.45) is 0 Å². The number of hydrogen-bond acceptors (Lipinski definition) is 6. The fraction of sp³-hybridized carbons (Fsp3) is 0.0200. The molecular weight excluding hydrogens is 727 g/mol. The van der Waals surface area contributed by atoms with E-state index in [0.717, 1.165) is 65.4 Å². The normalized spacial score (nSPS) is 14.1. The molecule has 2 aromatic heterocycles. The molecule has 1 aliphatic carbocycles. The maximum absolute atomic E-state index is 14.3. The van der Waals surface area contributed by atoms with Crippen molar-refractivity contribution in [1.82, 2.24) is 0 Å². The molecule has 0 atom stereocenters. The van der Waals surface area contributed by atoms with E-state index in [1.807, 2.05) is 116 Å². The van der Waals surface area contributed by atoms with E-state index in [9.17, 15) is 15.0 Å². The van der Waals surface area contributed by atoms with E-state index in [-0.39, 0.29) is 17.3 Å². The highest BCUT2D eigenvalue weighted by atomic mass is 32.1. The number of carbonyl (C=O) groups is 1. The summed E-state index contributed by atoms with van der Waals surface area (Å²) in [6, 6.07) is 60.8. The topological polar surface area (TPSA) is 60.8 Å². The summed E-state index contributed by atoms with van der Waals surface area (Å²) in [5.41, 5.74) is 10.9. The number of anilines is 3. The number of carbonyl (C=O) groups excluding carboxylic acids is 1. The van der Waals surface area contributed by atoms with Crippen molar-refractivity contribution < 1.29 is 15.0 Å². The van der Waals surface area contributed by atoms with Crippen LogP contribution in [-0.4, -0.2) is 16.0 Å². The van der Waals surface area contributed by atoms with Gasteiger partial charge in [-0.25, -0.2) is 0 Å². The third-order valence-electron chi connectivity index (χ3n) is 10.1. The summed E-state index contributed by atoms with van der Waals surface area (Å²) in [5.74, 6) is -0.101. The number of nitrogens with zero attached hydrogens (tertiary/aromatic N) is 1. The Bertz CT molecular complexity index is 2890. The minimum atomic E-state index is -0.197. The van der Waals surface area contributed by atoms with E-state index < -0.39 is 0 Å². The number of hydrogen-bond donors (Lipinski definition) is 2. The molecule has 0 aliphatic heterocycles. The van der Waals surface area contributed by atoms with Crippen LogP contribution in [0.3, 0.4) is 0 Å². The van der Waals surface area contributed by atoms with Crippen molar-refractivity contribution in [3.8, 4) is 33.8 Å². The van der Waals surface area contributed by atoms with Gasteiger partial charge < -0.3 is 15.1 Å². The second kappa shape index (κ2) is 14.8. The average molecular weight is 762 g/mol. The van der Waals surface area contributed by atoms with Gasteiger partial charge in [0, 0.05) is 38.6 Å². The smallest absolute Gasteiger partial charge is 0.196 e. The standard InChI is InChI=1S/C50H35NO3S2/c1-32-45(49-41(52)30-43(55-49)47(35-22-10-4-11-23-35)39-28-15-14-26-37(39)33-18-6-2-7-19-33)48(54)46(32)50-42(53)31-44(56-50)51(36-24-12-5-13-25-36)40-29-17-16-27-38(40)34-20-8-3-9-21-34/h2-31,52-53H,1H3/b47-43+,49-45+. The molecule has 0 spiro atoms. The van der Waals surface area contributed by atoms with E-state index in [4.69, 9.17) is 0 Å². The molecule has 4 nitrogen and oxygen atoms in total. The molecule has 2 heterocycles. The Balaban J connectivity index is 1.19. The number of Topliss-reactive ketones (excluding diaryl/α,β-unsaturated/α-hetero) is 1. The first-order valence-electron chi connectivity index (χ1n) is 18.3. The van der Waals surface area contributed by atoms with Crippen molar-refractivity contribution in [2.45, 2.75) is 6.92 Å². The second-order valence-corrected chi connectivity index (χ2v) is 15.6. The number of rotatable bonds is 8. The molecule has 6 heteroatoms. The molecule has 8 aromatic rings. The Morgan fingerprint density at radius 1 is 0.554 bits per heavy atom. The molecule has 56 heavy (non-hydrogen) atoms. The minimum Gasteiger partial charge on any atom is -0.506 e. The number of para-hydroxylation sites is 2. The average Bonchev–Trinajstić information content (AvgIpc) is 3.80. The van der Waals surface area contributed by atoms with Crippen LogP contribution in [0.25, 0.3) is 39.0 Å². The summed E-state index contributed by atoms with van der Waals surface area (Å²) in [4.78, 5) is 16.9. The molecule has 9 rings (SSSR count). The van der Waals surface area contributed by atoms with Gasteiger partial charge in [0.05, 0.1) is 15.1 Å². The Morgan fingerprint density at radius 3 is 1.77 bits per heavy atom. The zero-order valence-corrected chi connectivity index (χ0v) is 32.0. The van der Waals surface area contributed by atoms with Crippen LogP contribution in [0.4, 0.5) is 16.4 Å². The van der Waals surface area contributed by atoms with Gasteiger partial charge >= 0.3 is 0 Å². The lowest BCUT2D eigenvalue weighted by Gasteiger charge is -2.26. The van der Waals surface area contributed by atoms with Gasteiger partial charge in [-0.15, -0.1) is 22.7 Å². The fourth-order valence-corrected chi connectivity index (χ4v) is 9.93. The molecule has 0 fully saturated rings. The molecule has 0 unspecified atom stereocenters. The van der Waals surface area contributed by atoms with E-state index in [2.05, 4.69) is 65.6 Å². The Kier molecular flexibility index (Phi) is 9.27. The summed E-state index contributed by atoms with van der Waals surface area (Å²) >= 11 is 2.79. The van der Waals surface area contributed by atoms with Gasteiger partial charge in [0.15, 0.2) is 5.78 Å². The molecule has 0 radical (unpaired) electrons. The summed E-state index contributed by atoms with van der Waals surface area (Å²) in [6.07, 6.45) is 0. The van der Waals surface area contributed by atoms with Gasteiger partial charge in [-0.2, -0.15) is 0 Å². The van der Waals surface area contributed by atoms with Gasteiger partial charge in [0.1, 0.15) is 16.5 Å². The highest BCUT2D eigenvalue weighted by Crippen LogP contribution is 2.51. The fourth-order valence-electron chi connectivity index (χ4n) is 7.52. The summed E-state index contributed by atoms with van der Waals surface area (Å²) < 4.78 is 1.38. The number of aromatic hydroxyl groups is 2. The van der Waals surface area contributed by atoms with Crippen molar-refractivity contribution in [3.63, 3.8) is 0 Å². The third kappa shape index (κ3) is 6.25. The van der Waals surface area contributed by atoms with Gasteiger partial charge in [0.25, 0.3) is 0 Å². The molecule has 0 amide bonds. The van der Waals surface area contributed by atoms with E-state index in [1.165, 1.54) is 22.7 Å². The Labute approximate surface area is 333 Å². The predicted octanol–water partition coefficient (Wildman–Crippen LogP) is 11.5. The SMILES string of the molecule is CC1=C(c2sc(N(c3ccccc3)c3ccccc3-c3ccccc3)cc2O)C(=O)/C1=c1/s/c(=C(\c2ccccc2)c2ccccc2-c2ccccc2)cc1O. The maximum Gasteiger partial charge on any atom is 0.196 e. The van der Waals surface area contributed by atoms with Crippen LogP contribution in [0.5, 0.6) is 11.5 Å². The van der Waals surface area contributed by atoms with Crippen LogP contribution in [-0.2, 0) is 4.79 Å². The van der Waals surface area contributed by atoms with Crippen LogP contribution in [0, 0.1) is 0 Å². The highest BCUT2D eigenvalue weighted by Gasteiger charge is 2.36. The first-order valence-corrected chi connectivity index (χ1v) is 20.0. The molecule has 2 N–H and O–H groups in total. The first kappa shape index (κ1) is 35.0. The second-order valence-electron chi connectivity index (χ2n) is 13.5. The number of benzene rings is 6. The molecule has 0 saturated heterocycles. The molecule has 1 aliphatic rings. The lowest BCUT2D eigenvalue weighted by atomic mass is 9.81. The number of allylic oxidation sites excluding steroid dienone is 2. The lowest BCUT2D eigenvalue weighted by molar-refractivity contribution is -0.109. The Morgan fingerprint density at radius 2 is 1.11 bits per heavy atom. The monoisotopic (exact) mass is 761 g/mol. The molecule has 0 saturated carbocycles. The number of thiophene rings is 2. The van der Waals surface area contributed by atoms with Crippen LogP contribution in [0.2, 0.25) is 0 Å². The minimum absolute atomic E-state index is 0.0400. The highest BCUT2D eigenvalue weighted by molar-refractivity contribution is 7.18. The lowest BCUT2D eigenvalue weighted by Crippen LogP contribution is -2.23. The van der Waals surface area contributed by atoms with Crippen LogP contribution in [0.15, 0.2) is 188 Å². The third-order valence-corrected chi connectivity index (χ3v) is 12.4. The van der Waals surface area contributed by atoms with Gasteiger partial charge in [0.2, 0.25) is 0 Å². The van der Waals surface area contributed by atoms with Crippen LogP contribution in [0.1, 0.15) is 22.9 Å². The maximum atomic E-state index is 14.3.